The number of aromatic nitrogens is 3. The minimum atomic E-state index is -0.371. The van der Waals surface area contributed by atoms with E-state index in [0.717, 1.165) is 5.56 Å². The van der Waals surface area contributed by atoms with Crippen LogP contribution in [0.4, 0.5) is 0 Å². The van der Waals surface area contributed by atoms with Crippen LogP contribution in [0.2, 0.25) is 5.02 Å². The SMILES string of the molecule is CCN(C)C(=O)Cn1c(-c2ccccc2)nn(-c2ccc(Cl)cc2)c1=O. The molecule has 134 valence electrons. The van der Waals surface area contributed by atoms with Crippen LogP contribution in [0.15, 0.2) is 59.4 Å². The van der Waals surface area contributed by atoms with Crippen molar-refractivity contribution in [2.45, 2.75) is 13.5 Å². The maximum absolute atomic E-state index is 13.0. The third-order valence-corrected chi connectivity index (χ3v) is 4.41. The van der Waals surface area contributed by atoms with Crippen LogP contribution in [-0.4, -0.2) is 38.7 Å². The molecule has 3 aromatic rings. The maximum Gasteiger partial charge on any atom is 0.351 e. The Labute approximate surface area is 156 Å². The van der Waals surface area contributed by atoms with E-state index in [0.29, 0.717) is 23.1 Å². The molecule has 2 aromatic carbocycles. The van der Waals surface area contributed by atoms with Gasteiger partial charge >= 0.3 is 5.69 Å². The molecule has 1 amide bonds. The summed E-state index contributed by atoms with van der Waals surface area (Å²) in [6.45, 7) is 2.39. The fourth-order valence-electron chi connectivity index (χ4n) is 2.52. The Morgan fingerprint density at radius 1 is 1.12 bits per heavy atom. The molecule has 0 aliphatic carbocycles. The third-order valence-electron chi connectivity index (χ3n) is 4.16. The molecule has 0 N–H and O–H groups in total. The molecule has 1 heterocycles. The topological polar surface area (TPSA) is 60.1 Å². The van der Waals surface area contributed by atoms with Gasteiger partial charge in [-0.05, 0) is 31.2 Å². The summed E-state index contributed by atoms with van der Waals surface area (Å²) < 4.78 is 2.69. The summed E-state index contributed by atoms with van der Waals surface area (Å²) in [5.74, 6) is 0.297. The number of hydrogen-bond donors (Lipinski definition) is 0. The lowest BCUT2D eigenvalue weighted by atomic mass is 10.2. The lowest BCUT2D eigenvalue weighted by Gasteiger charge is -2.14. The summed E-state index contributed by atoms with van der Waals surface area (Å²) >= 11 is 5.93. The standard InChI is InChI=1S/C19H19ClN4O2/c1-3-22(2)17(25)13-23-18(14-7-5-4-6-8-14)21-24(19(23)26)16-11-9-15(20)10-12-16/h4-12H,3,13H2,1-2H3. The highest BCUT2D eigenvalue weighted by atomic mass is 35.5. The number of nitrogens with zero attached hydrogens (tertiary/aromatic N) is 4. The van der Waals surface area contributed by atoms with Gasteiger partial charge in [-0.3, -0.25) is 9.36 Å². The van der Waals surface area contributed by atoms with E-state index >= 15 is 0 Å². The maximum atomic E-state index is 13.0. The molecular weight excluding hydrogens is 352 g/mol. The molecule has 0 aliphatic heterocycles. The van der Waals surface area contributed by atoms with Gasteiger partial charge in [-0.15, -0.1) is 5.10 Å². The fourth-order valence-corrected chi connectivity index (χ4v) is 2.65. The molecule has 0 saturated carbocycles. The van der Waals surface area contributed by atoms with E-state index in [1.54, 1.807) is 36.2 Å². The highest BCUT2D eigenvalue weighted by Gasteiger charge is 2.19. The van der Waals surface area contributed by atoms with Crippen LogP contribution in [0.1, 0.15) is 6.92 Å². The summed E-state index contributed by atoms with van der Waals surface area (Å²) in [5, 5.41) is 5.04. The number of benzene rings is 2. The van der Waals surface area contributed by atoms with Crippen LogP contribution in [-0.2, 0) is 11.3 Å². The molecule has 6 nitrogen and oxygen atoms in total. The smallest absolute Gasteiger partial charge is 0.344 e. The van der Waals surface area contributed by atoms with Gasteiger partial charge in [0.1, 0.15) is 6.54 Å². The van der Waals surface area contributed by atoms with Gasteiger partial charge in [0.2, 0.25) is 5.91 Å². The van der Waals surface area contributed by atoms with Gasteiger partial charge in [0, 0.05) is 24.2 Å². The highest BCUT2D eigenvalue weighted by Crippen LogP contribution is 2.18. The second-order valence-corrected chi connectivity index (χ2v) is 6.29. The molecule has 0 radical (unpaired) electrons. The Bertz CT molecular complexity index is 961. The van der Waals surface area contributed by atoms with Crippen LogP contribution in [0.3, 0.4) is 0 Å². The van der Waals surface area contributed by atoms with Crippen LogP contribution in [0.25, 0.3) is 17.1 Å². The predicted octanol–water partition coefficient (Wildman–Crippen LogP) is 2.83. The number of amides is 1. The summed E-state index contributed by atoms with van der Waals surface area (Å²) in [6.07, 6.45) is 0. The molecule has 0 aliphatic rings. The summed E-state index contributed by atoms with van der Waals surface area (Å²) in [5.41, 5.74) is 0.986. The molecule has 0 atom stereocenters. The normalized spacial score (nSPS) is 10.7. The van der Waals surface area contributed by atoms with Crippen molar-refractivity contribution in [3.63, 3.8) is 0 Å². The molecule has 7 heteroatoms. The average molecular weight is 371 g/mol. The first kappa shape index (κ1) is 17.9. The lowest BCUT2D eigenvalue weighted by Crippen LogP contribution is -2.34. The van der Waals surface area contributed by atoms with E-state index in [1.165, 1.54) is 9.25 Å². The van der Waals surface area contributed by atoms with E-state index in [4.69, 9.17) is 11.6 Å². The van der Waals surface area contributed by atoms with Crippen molar-refractivity contribution in [3.05, 3.63) is 70.1 Å². The van der Waals surface area contributed by atoms with Crippen molar-refractivity contribution in [3.8, 4) is 17.1 Å². The van der Waals surface area contributed by atoms with Gasteiger partial charge in [0.05, 0.1) is 5.69 Å². The monoisotopic (exact) mass is 370 g/mol. The van der Waals surface area contributed by atoms with Gasteiger partial charge in [0.15, 0.2) is 5.82 Å². The van der Waals surface area contributed by atoms with Crippen molar-refractivity contribution in [2.24, 2.45) is 0 Å². The minimum absolute atomic E-state index is 0.0685. The van der Waals surface area contributed by atoms with Crippen LogP contribution < -0.4 is 5.69 Å². The number of carbonyl (C=O) groups excluding carboxylic acids is 1. The van der Waals surface area contributed by atoms with Crippen molar-refractivity contribution in [1.29, 1.82) is 0 Å². The largest absolute Gasteiger partial charge is 0.351 e. The molecule has 0 saturated heterocycles. The Hall–Kier alpha value is -2.86. The summed E-state index contributed by atoms with van der Waals surface area (Å²) in [7, 11) is 1.71. The molecule has 3 rings (SSSR count). The van der Waals surface area contributed by atoms with Gasteiger partial charge in [-0.2, -0.15) is 4.68 Å². The Morgan fingerprint density at radius 2 is 1.77 bits per heavy atom. The van der Waals surface area contributed by atoms with E-state index in [2.05, 4.69) is 5.10 Å². The molecule has 26 heavy (non-hydrogen) atoms. The average Bonchev–Trinajstić information content (AvgIpc) is 2.99. The number of halogens is 1. The van der Waals surface area contributed by atoms with Crippen molar-refractivity contribution in [2.75, 3.05) is 13.6 Å². The minimum Gasteiger partial charge on any atom is -0.344 e. The first-order valence-electron chi connectivity index (χ1n) is 8.26. The van der Waals surface area contributed by atoms with Gasteiger partial charge in [-0.1, -0.05) is 41.9 Å². The third kappa shape index (κ3) is 3.55. The number of likely N-dealkylation sites (N-methyl/N-ethyl adjacent to an activating group) is 1. The second-order valence-electron chi connectivity index (χ2n) is 5.85. The predicted molar refractivity (Wildman–Crippen MR) is 102 cm³/mol. The Morgan fingerprint density at radius 3 is 2.38 bits per heavy atom. The zero-order valence-electron chi connectivity index (χ0n) is 14.6. The van der Waals surface area contributed by atoms with Crippen molar-refractivity contribution in [1.82, 2.24) is 19.2 Å². The van der Waals surface area contributed by atoms with Gasteiger partial charge < -0.3 is 4.90 Å². The second kappa shape index (κ2) is 7.58. The molecule has 0 fully saturated rings. The van der Waals surface area contributed by atoms with Gasteiger partial charge in [-0.25, -0.2) is 4.79 Å². The summed E-state index contributed by atoms with van der Waals surface area (Å²) in [4.78, 5) is 26.9. The van der Waals surface area contributed by atoms with Crippen LogP contribution in [0, 0.1) is 0 Å². The van der Waals surface area contributed by atoms with E-state index < -0.39 is 0 Å². The first-order valence-corrected chi connectivity index (χ1v) is 8.64. The molecule has 0 bridgehead atoms. The van der Waals surface area contributed by atoms with E-state index in [1.807, 2.05) is 37.3 Å². The quantitative estimate of drug-likeness (QED) is 0.693. The Balaban J connectivity index is 2.13. The van der Waals surface area contributed by atoms with Crippen LogP contribution >= 0.6 is 11.6 Å². The first-order chi connectivity index (χ1) is 12.5. The molecule has 0 spiro atoms. The molecular formula is C19H19ClN4O2. The molecule has 0 unspecified atom stereocenters. The summed E-state index contributed by atoms with van der Waals surface area (Å²) in [6, 6.07) is 16.2. The zero-order valence-corrected chi connectivity index (χ0v) is 15.3. The number of rotatable bonds is 5. The lowest BCUT2D eigenvalue weighted by molar-refractivity contribution is -0.130. The number of hydrogen-bond acceptors (Lipinski definition) is 3. The molecule has 1 aromatic heterocycles. The van der Waals surface area contributed by atoms with Crippen LogP contribution in [0.5, 0.6) is 0 Å². The van der Waals surface area contributed by atoms with Crippen molar-refractivity contribution >= 4 is 17.5 Å². The van der Waals surface area contributed by atoms with E-state index in [-0.39, 0.29) is 18.1 Å². The van der Waals surface area contributed by atoms with Gasteiger partial charge in [0.25, 0.3) is 0 Å². The highest BCUT2D eigenvalue weighted by molar-refractivity contribution is 6.30. The van der Waals surface area contributed by atoms with E-state index in [9.17, 15) is 9.59 Å². The fraction of sp³-hybridized carbons (Fsp3) is 0.211. The zero-order chi connectivity index (χ0) is 18.7. The number of carbonyl (C=O) groups is 1. The van der Waals surface area contributed by atoms with Crippen molar-refractivity contribution < 1.29 is 4.79 Å². The Kier molecular flexibility index (Phi) is 5.23.